The zero-order chi connectivity index (χ0) is 43.3. The summed E-state index contributed by atoms with van der Waals surface area (Å²) in [7, 11) is 0. The van der Waals surface area contributed by atoms with Crippen molar-refractivity contribution in [1.82, 2.24) is 19.5 Å². The topological polar surface area (TPSA) is 56.7 Å². The lowest BCUT2D eigenvalue weighted by Gasteiger charge is -2.15. The lowest BCUT2D eigenvalue weighted by atomic mass is 9.88. The third-order valence-corrected chi connectivity index (χ3v) is 13.7. The van der Waals surface area contributed by atoms with Crippen LogP contribution < -0.4 is 0 Å². The van der Waals surface area contributed by atoms with Gasteiger partial charge in [0.15, 0.2) is 11.6 Å². The van der Waals surface area contributed by atoms with Crippen molar-refractivity contribution in [2.45, 2.75) is 12.8 Å². The van der Waals surface area contributed by atoms with Crippen LogP contribution in [0.25, 0.3) is 134 Å². The van der Waals surface area contributed by atoms with E-state index in [0.717, 1.165) is 79.0 Å². The van der Waals surface area contributed by atoms with Crippen LogP contribution >= 0.6 is 0 Å². The highest BCUT2D eigenvalue weighted by Crippen LogP contribution is 2.55. The number of furan rings is 1. The van der Waals surface area contributed by atoms with E-state index in [1.165, 1.54) is 55.5 Å². The normalized spacial score (nSPS) is 12.7. The monoisotopic (exact) mass is 842 g/mol. The lowest BCUT2D eigenvalue weighted by molar-refractivity contribution is 0.546. The predicted molar refractivity (Wildman–Crippen MR) is 270 cm³/mol. The summed E-state index contributed by atoms with van der Waals surface area (Å²) in [6.45, 7) is 0. The number of hydrogen-bond acceptors (Lipinski definition) is 4. The van der Waals surface area contributed by atoms with Crippen molar-refractivity contribution in [3.63, 3.8) is 0 Å². The molecule has 3 aromatic heterocycles. The number of aryl methyl sites for hydroxylation is 1. The van der Waals surface area contributed by atoms with E-state index < -0.39 is 0 Å². The molecule has 0 bridgehead atoms. The van der Waals surface area contributed by atoms with Gasteiger partial charge in [0.05, 0.1) is 11.0 Å². The van der Waals surface area contributed by atoms with E-state index in [0.29, 0.717) is 17.6 Å². The average molecular weight is 843 g/mol. The van der Waals surface area contributed by atoms with Crippen molar-refractivity contribution in [3.8, 4) is 84.4 Å². The zero-order valence-corrected chi connectivity index (χ0v) is 35.7. The van der Waals surface area contributed by atoms with E-state index in [9.17, 15) is 0 Å². The Bertz CT molecular complexity index is 3850. The maximum Gasteiger partial charge on any atom is 0.238 e. The number of allylic oxidation sites excluding steroid dienone is 1. The molecule has 0 unspecified atom stereocenters. The van der Waals surface area contributed by atoms with Gasteiger partial charge < -0.3 is 4.42 Å². The average Bonchev–Trinajstić information content (AvgIpc) is 4.05. The molecule has 0 amide bonds. The molecule has 0 spiro atoms. The first-order valence-electron chi connectivity index (χ1n) is 22.7. The second kappa shape index (κ2) is 14.4. The molecule has 12 aromatic rings. The Hall–Kier alpha value is -8.67. The minimum absolute atomic E-state index is 0.571. The first kappa shape index (κ1) is 36.8. The van der Waals surface area contributed by atoms with Gasteiger partial charge in [0.1, 0.15) is 11.3 Å². The number of para-hydroxylation sites is 2. The highest BCUT2D eigenvalue weighted by Gasteiger charge is 2.29. The first-order valence-corrected chi connectivity index (χ1v) is 22.7. The van der Waals surface area contributed by atoms with Gasteiger partial charge >= 0.3 is 0 Å². The van der Waals surface area contributed by atoms with Crippen molar-refractivity contribution in [1.29, 1.82) is 0 Å². The molecule has 0 atom stereocenters. The highest BCUT2D eigenvalue weighted by molar-refractivity contribution is 6.23. The molecule has 5 nitrogen and oxygen atoms in total. The summed E-state index contributed by atoms with van der Waals surface area (Å²) in [5.74, 6) is 2.87. The fourth-order valence-corrected chi connectivity index (χ4v) is 10.7. The van der Waals surface area contributed by atoms with Crippen LogP contribution in [-0.4, -0.2) is 19.5 Å². The minimum atomic E-state index is 0.571. The summed E-state index contributed by atoms with van der Waals surface area (Å²) in [6, 6.07) is 69.4. The third-order valence-electron chi connectivity index (χ3n) is 13.7. The highest BCUT2D eigenvalue weighted by atomic mass is 16.3. The molecule has 308 valence electrons. The van der Waals surface area contributed by atoms with Gasteiger partial charge in [-0.2, -0.15) is 9.97 Å². The second-order valence-corrected chi connectivity index (χ2v) is 17.4. The molecule has 0 saturated heterocycles. The molecule has 66 heavy (non-hydrogen) atoms. The molecule has 3 heterocycles. The summed E-state index contributed by atoms with van der Waals surface area (Å²) < 4.78 is 8.54. The summed E-state index contributed by atoms with van der Waals surface area (Å²) in [4.78, 5) is 16.1. The van der Waals surface area contributed by atoms with E-state index in [4.69, 9.17) is 19.4 Å². The Balaban J connectivity index is 0.968. The first-order chi connectivity index (χ1) is 32.7. The van der Waals surface area contributed by atoms with Crippen molar-refractivity contribution in [3.05, 3.63) is 212 Å². The SMILES string of the molecule is C1=Cc2c(oc3cc(-c4ccc(-c5nc(-c6ccc7c8c(cccc68)-c6c(-c8ccccc8)ccc(-c8ccccc8)c6-7)nc(-n6c7ccccc7c7ccccc76)n5)cc4)ccc23)CC1. The number of fused-ring (bicyclic) bond motifs is 9. The zero-order valence-electron chi connectivity index (χ0n) is 35.7. The molecule has 2 aliphatic rings. The predicted octanol–water partition coefficient (Wildman–Crippen LogP) is 15.8. The number of benzene rings is 9. The Kier molecular flexibility index (Phi) is 8.04. The van der Waals surface area contributed by atoms with Gasteiger partial charge in [0.25, 0.3) is 0 Å². The molecule has 0 radical (unpaired) electrons. The van der Waals surface area contributed by atoms with Crippen molar-refractivity contribution in [2.75, 3.05) is 0 Å². The molecule has 0 N–H and O–H groups in total. The van der Waals surface area contributed by atoms with Crippen molar-refractivity contribution in [2.24, 2.45) is 0 Å². The van der Waals surface area contributed by atoms with Gasteiger partial charge in [-0.25, -0.2) is 4.98 Å². The molecule has 0 fully saturated rings. The maximum absolute atomic E-state index is 6.35. The second-order valence-electron chi connectivity index (χ2n) is 17.4. The summed E-state index contributed by atoms with van der Waals surface area (Å²) in [5, 5.41) is 5.78. The standard InChI is InChI=1S/C61H38N4O/c1-3-14-38(15-4-1)42-32-33-43(39-16-5-2-6-17-39)58-51-35-34-49(48-21-13-22-50(56(48)51)57(42)58)60-62-59(63-61(64-60)65-52-23-10-7-18-44(52)45-19-8-11-24-53(45)65)40-28-26-37(27-29-40)41-30-31-47-46-20-9-12-25-54(46)66-55(47)36-41/h1-11,13-24,26-36H,12,25H2. The molecule has 0 aliphatic heterocycles. The van der Waals surface area contributed by atoms with Gasteiger partial charge in [-0.05, 0) is 103 Å². The molecular formula is C61H38N4O. The molecule has 2 aliphatic carbocycles. The fraction of sp³-hybridized carbons (Fsp3) is 0.0328. The van der Waals surface area contributed by atoms with Crippen LogP contribution in [0.15, 0.2) is 205 Å². The van der Waals surface area contributed by atoms with E-state index >= 15 is 0 Å². The van der Waals surface area contributed by atoms with Crippen LogP contribution in [-0.2, 0) is 6.42 Å². The molecule has 5 heteroatoms. The quantitative estimate of drug-likeness (QED) is 0.167. The number of rotatable bonds is 6. The van der Waals surface area contributed by atoms with Gasteiger partial charge in [-0.1, -0.05) is 176 Å². The van der Waals surface area contributed by atoms with Crippen LogP contribution in [0.1, 0.15) is 17.7 Å². The van der Waals surface area contributed by atoms with Gasteiger partial charge in [-0.3, -0.25) is 4.57 Å². The maximum atomic E-state index is 6.35. The fourth-order valence-electron chi connectivity index (χ4n) is 10.7. The third kappa shape index (κ3) is 5.56. The summed E-state index contributed by atoms with van der Waals surface area (Å²) >= 11 is 0. The van der Waals surface area contributed by atoms with Crippen LogP contribution in [0.5, 0.6) is 0 Å². The number of aromatic nitrogens is 4. The van der Waals surface area contributed by atoms with Gasteiger partial charge in [-0.15, -0.1) is 0 Å². The van der Waals surface area contributed by atoms with Crippen molar-refractivity contribution < 1.29 is 4.42 Å². The summed E-state index contributed by atoms with van der Waals surface area (Å²) in [6.07, 6.45) is 6.38. The number of hydrogen-bond donors (Lipinski definition) is 0. The van der Waals surface area contributed by atoms with E-state index in [1.807, 2.05) is 0 Å². The number of nitrogens with zero attached hydrogens (tertiary/aromatic N) is 4. The van der Waals surface area contributed by atoms with E-state index in [1.54, 1.807) is 0 Å². The smallest absolute Gasteiger partial charge is 0.238 e. The molecular weight excluding hydrogens is 805 g/mol. The van der Waals surface area contributed by atoms with E-state index in [-0.39, 0.29) is 0 Å². The largest absolute Gasteiger partial charge is 0.460 e. The van der Waals surface area contributed by atoms with Gasteiger partial charge in [0, 0.05) is 39.3 Å². The Morgan fingerprint density at radius 2 is 0.985 bits per heavy atom. The Labute approximate surface area is 380 Å². The minimum Gasteiger partial charge on any atom is -0.460 e. The lowest BCUT2D eigenvalue weighted by Crippen LogP contribution is -2.06. The Morgan fingerprint density at radius 1 is 0.409 bits per heavy atom. The molecule has 9 aromatic carbocycles. The molecule has 14 rings (SSSR count). The summed E-state index contributed by atoms with van der Waals surface area (Å²) in [5.41, 5.74) is 18.0. The Morgan fingerprint density at radius 3 is 1.70 bits per heavy atom. The molecule has 0 saturated carbocycles. The van der Waals surface area contributed by atoms with Crippen LogP contribution in [0.2, 0.25) is 0 Å². The van der Waals surface area contributed by atoms with E-state index in [2.05, 4.69) is 211 Å². The van der Waals surface area contributed by atoms with Gasteiger partial charge in [0.2, 0.25) is 5.95 Å². The van der Waals surface area contributed by atoms with Crippen LogP contribution in [0, 0.1) is 0 Å². The van der Waals surface area contributed by atoms with Crippen LogP contribution in [0.4, 0.5) is 0 Å². The van der Waals surface area contributed by atoms with Crippen LogP contribution in [0.3, 0.4) is 0 Å². The van der Waals surface area contributed by atoms with Crippen molar-refractivity contribution >= 4 is 49.6 Å².